The molecule has 2 unspecified atom stereocenters. The molecule has 2 atom stereocenters. The van der Waals surface area contributed by atoms with Crippen molar-refractivity contribution in [1.29, 1.82) is 5.26 Å². The fraction of sp³-hybridized carbons (Fsp3) is 0.909. The van der Waals surface area contributed by atoms with Crippen LogP contribution in [0.5, 0.6) is 0 Å². The minimum atomic E-state index is 0.0700. The summed E-state index contributed by atoms with van der Waals surface area (Å²) < 4.78 is 0. The molecule has 13 heavy (non-hydrogen) atoms. The summed E-state index contributed by atoms with van der Waals surface area (Å²) in [6, 6.07) is 2.43. The maximum atomic E-state index is 8.94. The number of nitrogens with one attached hydrogen (secondary N) is 1. The third-order valence-corrected chi connectivity index (χ3v) is 2.78. The predicted molar refractivity (Wildman–Crippen MR) is 54.2 cm³/mol. The molecule has 0 spiro atoms. The summed E-state index contributed by atoms with van der Waals surface area (Å²) >= 11 is 0. The zero-order chi connectivity index (χ0) is 9.68. The number of hydrogen-bond donors (Lipinski definition) is 1. The van der Waals surface area contributed by atoms with Crippen LogP contribution in [0.4, 0.5) is 0 Å². The molecular formula is C11H20N2. The van der Waals surface area contributed by atoms with Crippen molar-refractivity contribution < 1.29 is 0 Å². The minimum absolute atomic E-state index is 0.0700. The molecule has 74 valence electrons. The van der Waals surface area contributed by atoms with Crippen molar-refractivity contribution in [2.45, 2.75) is 45.6 Å². The monoisotopic (exact) mass is 180 g/mol. The fourth-order valence-electron chi connectivity index (χ4n) is 1.61. The highest BCUT2D eigenvalue weighted by Gasteiger charge is 2.23. The number of rotatable bonds is 6. The first-order valence-corrected chi connectivity index (χ1v) is 5.41. The van der Waals surface area contributed by atoms with E-state index in [1.165, 1.54) is 19.3 Å². The molecule has 0 saturated heterocycles. The van der Waals surface area contributed by atoms with E-state index in [1.54, 1.807) is 0 Å². The molecule has 0 aromatic rings. The standard InChI is InChI=1S/C11H20N2/c1-3-4-9(2)11(7-12)13-8-10-5-6-10/h9-11,13H,3-6,8H2,1-2H3. The van der Waals surface area contributed by atoms with Crippen LogP contribution in [0.1, 0.15) is 39.5 Å². The molecule has 2 heteroatoms. The van der Waals surface area contributed by atoms with E-state index >= 15 is 0 Å². The summed E-state index contributed by atoms with van der Waals surface area (Å²) in [5.74, 6) is 1.36. The molecule has 0 amide bonds. The van der Waals surface area contributed by atoms with Crippen molar-refractivity contribution in [1.82, 2.24) is 5.32 Å². The van der Waals surface area contributed by atoms with Crippen LogP contribution < -0.4 is 5.32 Å². The first-order chi connectivity index (χ1) is 6.27. The number of hydrogen-bond acceptors (Lipinski definition) is 2. The second-order valence-electron chi connectivity index (χ2n) is 4.22. The van der Waals surface area contributed by atoms with E-state index in [9.17, 15) is 0 Å². The molecule has 0 aliphatic heterocycles. The average Bonchev–Trinajstić information content (AvgIpc) is 2.89. The Bertz CT molecular complexity index is 179. The lowest BCUT2D eigenvalue weighted by Crippen LogP contribution is -2.35. The van der Waals surface area contributed by atoms with E-state index in [-0.39, 0.29) is 6.04 Å². The Morgan fingerprint density at radius 1 is 1.54 bits per heavy atom. The molecule has 2 nitrogen and oxygen atoms in total. The molecule has 0 radical (unpaired) electrons. The van der Waals surface area contributed by atoms with Crippen molar-refractivity contribution in [3.8, 4) is 6.07 Å². The normalized spacial score (nSPS) is 20.7. The van der Waals surface area contributed by atoms with E-state index in [2.05, 4.69) is 25.2 Å². The number of nitrogens with zero attached hydrogens (tertiary/aromatic N) is 1. The Morgan fingerprint density at radius 3 is 2.69 bits per heavy atom. The van der Waals surface area contributed by atoms with Gasteiger partial charge < -0.3 is 5.32 Å². The van der Waals surface area contributed by atoms with Gasteiger partial charge in [-0.1, -0.05) is 20.3 Å². The average molecular weight is 180 g/mol. The van der Waals surface area contributed by atoms with E-state index in [0.717, 1.165) is 18.9 Å². The molecule has 1 rings (SSSR count). The van der Waals surface area contributed by atoms with Crippen LogP contribution in [0.3, 0.4) is 0 Å². The molecular weight excluding hydrogens is 160 g/mol. The summed E-state index contributed by atoms with van der Waals surface area (Å²) in [6.07, 6.45) is 5.03. The maximum absolute atomic E-state index is 8.94. The number of nitriles is 1. The Labute approximate surface area is 81.3 Å². The molecule has 1 aliphatic carbocycles. The summed E-state index contributed by atoms with van der Waals surface area (Å²) in [5, 5.41) is 12.3. The van der Waals surface area contributed by atoms with Crippen LogP contribution in [0, 0.1) is 23.2 Å². The zero-order valence-corrected chi connectivity index (χ0v) is 8.71. The Balaban J connectivity index is 2.19. The first-order valence-electron chi connectivity index (χ1n) is 5.41. The summed E-state index contributed by atoms with van der Waals surface area (Å²) in [6.45, 7) is 5.38. The second-order valence-corrected chi connectivity index (χ2v) is 4.22. The molecule has 0 heterocycles. The van der Waals surface area contributed by atoms with Crippen LogP contribution >= 0.6 is 0 Å². The Morgan fingerprint density at radius 2 is 2.23 bits per heavy atom. The van der Waals surface area contributed by atoms with Crippen LogP contribution in [0.2, 0.25) is 0 Å². The lowest BCUT2D eigenvalue weighted by molar-refractivity contribution is 0.408. The van der Waals surface area contributed by atoms with E-state index < -0.39 is 0 Å². The van der Waals surface area contributed by atoms with E-state index in [1.807, 2.05) is 0 Å². The highest BCUT2D eigenvalue weighted by molar-refractivity contribution is 4.94. The lowest BCUT2D eigenvalue weighted by Gasteiger charge is -2.17. The Hall–Kier alpha value is -0.550. The van der Waals surface area contributed by atoms with E-state index in [0.29, 0.717) is 5.92 Å². The first kappa shape index (κ1) is 10.5. The molecule has 1 N–H and O–H groups in total. The maximum Gasteiger partial charge on any atom is 0.0978 e. The van der Waals surface area contributed by atoms with Crippen LogP contribution in [-0.2, 0) is 0 Å². The van der Waals surface area contributed by atoms with Gasteiger partial charge in [0, 0.05) is 0 Å². The van der Waals surface area contributed by atoms with E-state index in [4.69, 9.17) is 5.26 Å². The van der Waals surface area contributed by atoms with Crippen molar-refractivity contribution in [2.75, 3.05) is 6.54 Å². The molecule has 0 bridgehead atoms. The third kappa shape index (κ3) is 3.78. The SMILES string of the molecule is CCCC(C)C(C#N)NCC1CC1. The fourth-order valence-corrected chi connectivity index (χ4v) is 1.61. The zero-order valence-electron chi connectivity index (χ0n) is 8.71. The summed E-state index contributed by atoms with van der Waals surface area (Å²) in [5.41, 5.74) is 0. The molecule has 1 fully saturated rings. The largest absolute Gasteiger partial charge is 0.301 e. The van der Waals surface area contributed by atoms with Gasteiger partial charge in [-0.15, -0.1) is 0 Å². The van der Waals surface area contributed by atoms with Gasteiger partial charge in [-0.3, -0.25) is 0 Å². The van der Waals surface area contributed by atoms with Gasteiger partial charge >= 0.3 is 0 Å². The molecule has 1 saturated carbocycles. The summed E-state index contributed by atoms with van der Waals surface area (Å²) in [4.78, 5) is 0. The van der Waals surface area contributed by atoms with Gasteiger partial charge in [0.15, 0.2) is 0 Å². The molecule has 0 aromatic carbocycles. The molecule has 0 aromatic heterocycles. The van der Waals surface area contributed by atoms with Gasteiger partial charge in [0.1, 0.15) is 0 Å². The van der Waals surface area contributed by atoms with Gasteiger partial charge in [-0.25, -0.2) is 0 Å². The minimum Gasteiger partial charge on any atom is -0.301 e. The smallest absolute Gasteiger partial charge is 0.0978 e. The van der Waals surface area contributed by atoms with Crippen molar-refractivity contribution in [3.05, 3.63) is 0 Å². The topological polar surface area (TPSA) is 35.8 Å². The van der Waals surface area contributed by atoms with Crippen molar-refractivity contribution in [3.63, 3.8) is 0 Å². The van der Waals surface area contributed by atoms with Gasteiger partial charge in [-0.2, -0.15) is 5.26 Å². The van der Waals surface area contributed by atoms with Crippen LogP contribution in [0.25, 0.3) is 0 Å². The molecule has 1 aliphatic rings. The predicted octanol–water partition coefficient (Wildman–Crippen LogP) is 2.31. The summed E-state index contributed by atoms with van der Waals surface area (Å²) in [7, 11) is 0. The van der Waals surface area contributed by atoms with Gasteiger partial charge in [-0.05, 0) is 37.6 Å². The quantitative estimate of drug-likeness (QED) is 0.681. The van der Waals surface area contributed by atoms with Gasteiger partial charge in [0.25, 0.3) is 0 Å². The highest BCUT2D eigenvalue weighted by atomic mass is 14.9. The lowest BCUT2D eigenvalue weighted by atomic mass is 9.98. The van der Waals surface area contributed by atoms with Crippen LogP contribution in [-0.4, -0.2) is 12.6 Å². The van der Waals surface area contributed by atoms with Crippen LogP contribution in [0.15, 0.2) is 0 Å². The third-order valence-electron chi connectivity index (χ3n) is 2.78. The van der Waals surface area contributed by atoms with Crippen molar-refractivity contribution >= 4 is 0 Å². The Kier molecular flexibility index (Phi) is 4.24. The second kappa shape index (κ2) is 5.24. The highest BCUT2D eigenvalue weighted by Crippen LogP contribution is 2.28. The van der Waals surface area contributed by atoms with Crippen molar-refractivity contribution in [2.24, 2.45) is 11.8 Å². The van der Waals surface area contributed by atoms with Gasteiger partial charge in [0.05, 0.1) is 12.1 Å². The van der Waals surface area contributed by atoms with Gasteiger partial charge in [0.2, 0.25) is 0 Å².